The molecule has 15 heavy (non-hydrogen) atoms. The Morgan fingerprint density at radius 2 is 1.93 bits per heavy atom. The molecule has 0 bridgehead atoms. The Balaban J connectivity index is 3.53. The van der Waals surface area contributed by atoms with E-state index in [2.05, 4.69) is 0 Å². The second kappa shape index (κ2) is 4.53. The number of carbonyl (C=O) groups is 1. The SMILES string of the molecule is COc1cc(C)c(OC)c(Cl)c1C(C)=O. The van der Waals surface area contributed by atoms with Crippen LogP contribution in [0.4, 0.5) is 0 Å². The Morgan fingerprint density at radius 3 is 2.33 bits per heavy atom. The van der Waals surface area contributed by atoms with Gasteiger partial charge in [-0.1, -0.05) is 11.6 Å². The van der Waals surface area contributed by atoms with Crippen LogP contribution in [0.25, 0.3) is 0 Å². The van der Waals surface area contributed by atoms with E-state index < -0.39 is 0 Å². The molecule has 0 N–H and O–H groups in total. The minimum atomic E-state index is -0.143. The maximum atomic E-state index is 11.4. The maximum Gasteiger partial charge on any atom is 0.165 e. The van der Waals surface area contributed by atoms with Gasteiger partial charge in [-0.3, -0.25) is 4.79 Å². The van der Waals surface area contributed by atoms with Crippen LogP contribution in [0, 0.1) is 6.92 Å². The van der Waals surface area contributed by atoms with Crippen molar-refractivity contribution in [2.45, 2.75) is 13.8 Å². The fraction of sp³-hybridized carbons (Fsp3) is 0.364. The van der Waals surface area contributed by atoms with E-state index in [0.29, 0.717) is 22.1 Å². The third kappa shape index (κ3) is 2.07. The van der Waals surface area contributed by atoms with Crippen molar-refractivity contribution in [1.82, 2.24) is 0 Å². The van der Waals surface area contributed by atoms with E-state index in [1.807, 2.05) is 6.92 Å². The minimum Gasteiger partial charge on any atom is -0.496 e. The summed E-state index contributed by atoms with van der Waals surface area (Å²) in [6.07, 6.45) is 0. The molecule has 0 heterocycles. The Hall–Kier alpha value is -1.22. The summed E-state index contributed by atoms with van der Waals surface area (Å²) in [5.41, 5.74) is 1.20. The number of hydrogen-bond donors (Lipinski definition) is 0. The van der Waals surface area contributed by atoms with E-state index in [0.717, 1.165) is 5.56 Å². The molecular formula is C11H13ClO3. The Bertz CT molecular complexity index is 399. The summed E-state index contributed by atoms with van der Waals surface area (Å²) in [7, 11) is 3.02. The molecule has 0 saturated carbocycles. The van der Waals surface area contributed by atoms with Crippen molar-refractivity contribution in [3.05, 3.63) is 22.2 Å². The van der Waals surface area contributed by atoms with Crippen LogP contribution in [0.1, 0.15) is 22.8 Å². The predicted octanol–water partition coefficient (Wildman–Crippen LogP) is 2.87. The lowest BCUT2D eigenvalue weighted by Crippen LogP contribution is -2.02. The summed E-state index contributed by atoms with van der Waals surface area (Å²) in [5, 5.41) is 0.307. The van der Waals surface area contributed by atoms with Crippen LogP contribution in [0.2, 0.25) is 5.02 Å². The Morgan fingerprint density at radius 1 is 1.33 bits per heavy atom. The molecule has 0 aliphatic heterocycles. The van der Waals surface area contributed by atoms with Crippen molar-refractivity contribution < 1.29 is 14.3 Å². The van der Waals surface area contributed by atoms with Crippen molar-refractivity contribution in [2.24, 2.45) is 0 Å². The standard InChI is InChI=1S/C11H13ClO3/c1-6-5-8(14-3)9(7(2)13)10(12)11(6)15-4/h5H,1-4H3. The smallest absolute Gasteiger partial charge is 0.165 e. The number of methoxy groups -OCH3 is 2. The second-order valence-corrected chi connectivity index (χ2v) is 3.55. The number of halogens is 1. The number of Topliss-reactive ketones (excluding diaryl/α,β-unsaturated/α-hetero) is 1. The number of ketones is 1. The van der Waals surface area contributed by atoms with Crippen molar-refractivity contribution >= 4 is 17.4 Å². The van der Waals surface area contributed by atoms with Crippen molar-refractivity contribution in [3.8, 4) is 11.5 Å². The third-order valence-corrected chi connectivity index (χ3v) is 2.51. The lowest BCUT2D eigenvalue weighted by Gasteiger charge is -2.13. The summed E-state index contributed by atoms with van der Waals surface area (Å²) in [6, 6.07) is 1.74. The van der Waals surface area contributed by atoms with E-state index in [4.69, 9.17) is 21.1 Å². The van der Waals surface area contributed by atoms with E-state index in [1.165, 1.54) is 21.1 Å². The fourth-order valence-corrected chi connectivity index (χ4v) is 1.92. The molecule has 1 aromatic rings. The number of benzene rings is 1. The van der Waals surface area contributed by atoms with Gasteiger partial charge in [0.1, 0.15) is 11.5 Å². The molecule has 1 aromatic carbocycles. The lowest BCUT2D eigenvalue weighted by atomic mass is 10.1. The minimum absolute atomic E-state index is 0.143. The van der Waals surface area contributed by atoms with Gasteiger partial charge in [-0.05, 0) is 25.5 Å². The molecular weight excluding hydrogens is 216 g/mol. The van der Waals surface area contributed by atoms with Gasteiger partial charge < -0.3 is 9.47 Å². The molecule has 0 saturated heterocycles. The van der Waals surface area contributed by atoms with Gasteiger partial charge in [0.15, 0.2) is 5.78 Å². The molecule has 0 fully saturated rings. The van der Waals surface area contributed by atoms with Crippen molar-refractivity contribution in [2.75, 3.05) is 14.2 Å². The average molecular weight is 229 g/mol. The first-order valence-electron chi connectivity index (χ1n) is 4.45. The molecule has 0 radical (unpaired) electrons. The van der Waals surface area contributed by atoms with Gasteiger partial charge in [0.2, 0.25) is 0 Å². The zero-order valence-electron chi connectivity index (χ0n) is 9.18. The van der Waals surface area contributed by atoms with Crippen LogP contribution in [0.5, 0.6) is 11.5 Å². The first-order chi connectivity index (χ1) is 7.02. The number of hydrogen-bond acceptors (Lipinski definition) is 3. The van der Waals surface area contributed by atoms with Crippen molar-refractivity contribution in [3.63, 3.8) is 0 Å². The molecule has 0 amide bonds. The Kier molecular flexibility index (Phi) is 3.58. The van der Waals surface area contributed by atoms with E-state index in [9.17, 15) is 4.79 Å². The quantitative estimate of drug-likeness (QED) is 0.747. The van der Waals surface area contributed by atoms with E-state index in [1.54, 1.807) is 6.07 Å². The van der Waals surface area contributed by atoms with Crippen LogP contribution in [-0.2, 0) is 0 Å². The summed E-state index contributed by atoms with van der Waals surface area (Å²) >= 11 is 6.07. The van der Waals surface area contributed by atoms with Crippen molar-refractivity contribution in [1.29, 1.82) is 0 Å². The molecule has 0 aliphatic rings. The molecule has 0 atom stereocenters. The fourth-order valence-electron chi connectivity index (χ4n) is 1.47. The molecule has 0 unspecified atom stereocenters. The normalized spacial score (nSPS) is 9.93. The van der Waals surface area contributed by atoms with Gasteiger partial charge in [-0.2, -0.15) is 0 Å². The van der Waals surface area contributed by atoms with Crippen LogP contribution in [-0.4, -0.2) is 20.0 Å². The number of aryl methyl sites for hydroxylation is 1. The molecule has 0 spiro atoms. The monoisotopic (exact) mass is 228 g/mol. The second-order valence-electron chi connectivity index (χ2n) is 3.17. The predicted molar refractivity (Wildman–Crippen MR) is 59.3 cm³/mol. The van der Waals surface area contributed by atoms with E-state index in [-0.39, 0.29) is 5.78 Å². The highest BCUT2D eigenvalue weighted by Gasteiger charge is 2.19. The van der Waals surface area contributed by atoms with Crippen LogP contribution < -0.4 is 9.47 Å². The van der Waals surface area contributed by atoms with Crippen LogP contribution in [0.3, 0.4) is 0 Å². The summed E-state index contributed by atoms with van der Waals surface area (Å²) in [6.45, 7) is 3.29. The molecule has 82 valence electrons. The van der Waals surface area contributed by atoms with Gasteiger partial charge in [0, 0.05) is 0 Å². The van der Waals surface area contributed by atoms with Crippen LogP contribution in [0.15, 0.2) is 6.07 Å². The highest BCUT2D eigenvalue weighted by atomic mass is 35.5. The molecule has 1 rings (SSSR count). The zero-order chi connectivity index (χ0) is 11.6. The molecule has 0 aliphatic carbocycles. The molecule has 3 nitrogen and oxygen atoms in total. The van der Waals surface area contributed by atoms with Gasteiger partial charge in [-0.15, -0.1) is 0 Å². The largest absolute Gasteiger partial charge is 0.496 e. The van der Waals surface area contributed by atoms with E-state index >= 15 is 0 Å². The summed E-state index contributed by atoms with van der Waals surface area (Å²) in [5.74, 6) is 0.851. The number of carbonyl (C=O) groups excluding carboxylic acids is 1. The first kappa shape index (κ1) is 11.9. The summed E-state index contributed by atoms with van der Waals surface area (Å²) < 4.78 is 10.2. The zero-order valence-corrected chi connectivity index (χ0v) is 9.94. The topological polar surface area (TPSA) is 35.5 Å². The molecule has 0 aromatic heterocycles. The first-order valence-corrected chi connectivity index (χ1v) is 4.82. The van der Waals surface area contributed by atoms with Gasteiger partial charge in [0.25, 0.3) is 0 Å². The van der Waals surface area contributed by atoms with Gasteiger partial charge in [-0.25, -0.2) is 0 Å². The third-order valence-electron chi connectivity index (χ3n) is 2.15. The van der Waals surface area contributed by atoms with Gasteiger partial charge >= 0.3 is 0 Å². The summed E-state index contributed by atoms with van der Waals surface area (Å²) in [4.78, 5) is 11.4. The molecule has 4 heteroatoms. The number of rotatable bonds is 3. The Labute approximate surface area is 93.9 Å². The lowest BCUT2D eigenvalue weighted by molar-refractivity contribution is 0.101. The van der Waals surface area contributed by atoms with Crippen LogP contribution >= 0.6 is 11.6 Å². The maximum absolute atomic E-state index is 11.4. The highest BCUT2D eigenvalue weighted by Crippen LogP contribution is 2.37. The number of ether oxygens (including phenoxy) is 2. The average Bonchev–Trinajstić information content (AvgIpc) is 2.16. The highest BCUT2D eigenvalue weighted by molar-refractivity contribution is 6.35. The van der Waals surface area contributed by atoms with Gasteiger partial charge in [0.05, 0.1) is 24.8 Å².